The van der Waals surface area contributed by atoms with Crippen LogP contribution in [0.1, 0.15) is 37.0 Å². The lowest BCUT2D eigenvalue weighted by Crippen LogP contribution is -2.56. The number of hydrogen-bond donors (Lipinski definition) is 2. The molecule has 1 saturated heterocycles. The predicted octanol–water partition coefficient (Wildman–Crippen LogP) is 2.35. The van der Waals surface area contributed by atoms with Crippen LogP contribution in [0, 0.1) is 19.8 Å². The van der Waals surface area contributed by atoms with Gasteiger partial charge < -0.3 is 10.6 Å². The Balaban J connectivity index is 1.99. The molecule has 2 N–H and O–H groups in total. The highest BCUT2D eigenvalue weighted by atomic mass is 16.1. The molecule has 0 radical (unpaired) electrons. The Hall–Kier alpha value is -1.35. The van der Waals surface area contributed by atoms with Crippen molar-refractivity contribution in [2.24, 2.45) is 5.92 Å². The lowest BCUT2D eigenvalue weighted by atomic mass is 9.89. The van der Waals surface area contributed by atoms with Crippen molar-refractivity contribution >= 4 is 5.91 Å². The molecule has 110 valence electrons. The lowest BCUT2D eigenvalue weighted by Gasteiger charge is -2.36. The summed E-state index contributed by atoms with van der Waals surface area (Å²) >= 11 is 0. The fourth-order valence-corrected chi connectivity index (χ4v) is 3.01. The van der Waals surface area contributed by atoms with E-state index >= 15 is 0 Å². The highest BCUT2D eigenvalue weighted by Gasteiger charge is 2.28. The van der Waals surface area contributed by atoms with Gasteiger partial charge >= 0.3 is 0 Å². The Kier molecular flexibility index (Phi) is 4.81. The van der Waals surface area contributed by atoms with E-state index in [0.717, 1.165) is 18.5 Å². The lowest BCUT2D eigenvalue weighted by molar-refractivity contribution is -0.121. The number of carbonyl (C=O) groups is 1. The largest absolute Gasteiger partial charge is 0.351 e. The van der Waals surface area contributed by atoms with Crippen molar-refractivity contribution in [1.29, 1.82) is 0 Å². The third kappa shape index (κ3) is 3.60. The Morgan fingerprint density at radius 2 is 2.10 bits per heavy atom. The van der Waals surface area contributed by atoms with Crippen molar-refractivity contribution in [3.8, 4) is 0 Å². The molecule has 3 nitrogen and oxygen atoms in total. The van der Waals surface area contributed by atoms with Crippen LogP contribution in [0.15, 0.2) is 18.2 Å². The third-order valence-corrected chi connectivity index (χ3v) is 4.40. The van der Waals surface area contributed by atoms with Crippen LogP contribution in [0.5, 0.6) is 0 Å². The molecule has 1 aromatic carbocycles. The number of aryl methyl sites for hydroxylation is 2. The number of nitrogens with one attached hydrogen (secondary N) is 2. The van der Waals surface area contributed by atoms with Crippen molar-refractivity contribution in [3.05, 3.63) is 34.9 Å². The molecule has 1 aliphatic rings. The number of carbonyl (C=O) groups excluding carboxylic acids is 1. The maximum absolute atomic E-state index is 12.3. The zero-order valence-corrected chi connectivity index (χ0v) is 13.0. The number of rotatable bonds is 3. The summed E-state index contributed by atoms with van der Waals surface area (Å²) in [5.74, 6) is 0.667. The average Bonchev–Trinajstić information content (AvgIpc) is 2.38. The topological polar surface area (TPSA) is 41.1 Å². The second-order valence-corrected chi connectivity index (χ2v) is 6.21. The summed E-state index contributed by atoms with van der Waals surface area (Å²) in [5.41, 5.74) is 3.53. The molecule has 0 aromatic heterocycles. The molecule has 20 heavy (non-hydrogen) atoms. The Morgan fingerprint density at radius 1 is 1.35 bits per heavy atom. The monoisotopic (exact) mass is 274 g/mol. The highest BCUT2D eigenvalue weighted by Crippen LogP contribution is 2.17. The Morgan fingerprint density at radius 3 is 2.80 bits per heavy atom. The standard InChI is InChI=1S/C17H26N2O/c1-11-5-6-12(2)15(9-11)10-16(20)19-17-13(3)7-8-18-14(17)4/h5-6,9,13-14,17-18H,7-8,10H2,1-4H3,(H,19,20). The van der Waals surface area contributed by atoms with E-state index in [1.165, 1.54) is 11.1 Å². The van der Waals surface area contributed by atoms with E-state index in [1.807, 2.05) is 0 Å². The van der Waals surface area contributed by atoms with Gasteiger partial charge in [0.25, 0.3) is 0 Å². The highest BCUT2D eigenvalue weighted by molar-refractivity contribution is 5.79. The molecule has 0 bridgehead atoms. The normalized spacial score (nSPS) is 26.3. The molecular formula is C17H26N2O. The maximum Gasteiger partial charge on any atom is 0.224 e. The van der Waals surface area contributed by atoms with Gasteiger partial charge in [-0.15, -0.1) is 0 Å². The molecule has 3 atom stereocenters. The minimum absolute atomic E-state index is 0.131. The molecule has 2 rings (SSSR count). The van der Waals surface area contributed by atoms with Crippen LogP contribution in [0.25, 0.3) is 0 Å². The zero-order chi connectivity index (χ0) is 14.7. The minimum Gasteiger partial charge on any atom is -0.351 e. The van der Waals surface area contributed by atoms with Gasteiger partial charge in [0.05, 0.1) is 6.42 Å². The fourth-order valence-electron chi connectivity index (χ4n) is 3.01. The summed E-state index contributed by atoms with van der Waals surface area (Å²) in [4.78, 5) is 12.3. The van der Waals surface area contributed by atoms with Crippen LogP contribution in [0.3, 0.4) is 0 Å². The Labute approximate surface area is 122 Å². The molecule has 1 aliphatic heterocycles. The summed E-state index contributed by atoms with van der Waals surface area (Å²) in [5, 5.41) is 6.65. The summed E-state index contributed by atoms with van der Waals surface area (Å²) in [7, 11) is 0. The molecule has 1 aromatic rings. The molecular weight excluding hydrogens is 248 g/mol. The van der Waals surface area contributed by atoms with Crippen LogP contribution in [0.4, 0.5) is 0 Å². The molecule has 1 amide bonds. The molecule has 0 aliphatic carbocycles. The first-order valence-corrected chi connectivity index (χ1v) is 7.56. The third-order valence-electron chi connectivity index (χ3n) is 4.40. The van der Waals surface area contributed by atoms with E-state index in [2.05, 4.69) is 56.5 Å². The van der Waals surface area contributed by atoms with Crippen LogP contribution < -0.4 is 10.6 Å². The summed E-state index contributed by atoms with van der Waals surface area (Å²) in [6.07, 6.45) is 1.60. The molecule has 3 heteroatoms. The second-order valence-electron chi connectivity index (χ2n) is 6.21. The van der Waals surface area contributed by atoms with Crippen LogP contribution in [-0.2, 0) is 11.2 Å². The van der Waals surface area contributed by atoms with Gasteiger partial charge in [0.2, 0.25) is 5.91 Å². The van der Waals surface area contributed by atoms with E-state index in [-0.39, 0.29) is 11.9 Å². The van der Waals surface area contributed by atoms with Crippen molar-refractivity contribution in [2.45, 2.75) is 52.6 Å². The van der Waals surface area contributed by atoms with Gasteiger partial charge in [0, 0.05) is 12.1 Å². The molecule has 3 unspecified atom stereocenters. The van der Waals surface area contributed by atoms with Crippen molar-refractivity contribution in [1.82, 2.24) is 10.6 Å². The van der Waals surface area contributed by atoms with Gasteiger partial charge in [-0.3, -0.25) is 4.79 Å². The van der Waals surface area contributed by atoms with Crippen molar-refractivity contribution in [3.63, 3.8) is 0 Å². The van der Waals surface area contributed by atoms with Gasteiger partial charge in [-0.1, -0.05) is 30.7 Å². The van der Waals surface area contributed by atoms with Gasteiger partial charge in [-0.2, -0.15) is 0 Å². The van der Waals surface area contributed by atoms with E-state index in [4.69, 9.17) is 0 Å². The predicted molar refractivity (Wildman–Crippen MR) is 82.8 cm³/mol. The smallest absolute Gasteiger partial charge is 0.224 e. The average molecular weight is 274 g/mol. The zero-order valence-electron chi connectivity index (χ0n) is 13.0. The van der Waals surface area contributed by atoms with Gasteiger partial charge in [-0.05, 0) is 50.8 Å². The molecule has 0 spiro atoms. The van der Waals surface area contributed by atoms with Gasteiger partial charge in [-0.25, -0.2) is 0 Å². The van der Waals surface area contributed by atoms with Crippen molar-refractivity contribution < 1.29 is 4.79 Å². The Bertz CT molecular complexity index is 474. The summed E-state index contributed by atoms with van der Waals surface area (Å²) in [6.45, 7) is 9.55. The van der Waals surface area contributed by atoms with Crippen LogP contribution in [0.2, 0.25) is 0 Å². The van der Waals surface area contributed by atoms with E-state index in [9.17, 15) is 4.79 Å². The quantitative estimate of drug-likeness (QED) is 0.888. The van der Waals surface area contributed by atoms with E-state index < -0.39 is 0 Å². The SMILES string of the molecule is Cc1ccc(C)c(CC(=O)NC2C(C)CCNC2C)c1. The molecule has 0 saturated carbocycles. The second kappa shape index (κ2) is 6.40. The number of benzene rings is 1. The number of amides is 1. The maximum atomic E-state index is 12.3. The van der Waals surface area contributed by atoms with Gasteiger partial charge in [0.15, 0.2) is 0 Å². The summed E-state index contributed by atoms with van der Waals surface area (Å²) < 4.78 is 0. The first-order chi connectivity index (χ1) is 9.47. The van der Waals surface area contributed by atoms with Crippen LogP contribution in [-0.4, -0.2) is 24.5 Å². The summed E-state index contributed by atoms with van der Waals surface area (Å²) in [6, 6.07) is 6.88. The van der Waals surface area contributed by atoms with E-state index in [0.29, 0.717) is 18.4 Å². The molecule has 1 heterocycles. The molecule has 1 fully saturated rings. The number of piperidine rings is 1. The number of hydrogen-bond acceptors (Lipinski definition) is 2. The van der Waals surface area contributed by atoms with Crippen molar-refractivity contribution in [2.75, 3.05) is 6.54 Å². The van der Waals surface area contributed by atoms with Gasteiger partial charge in [0.1, 0.15) is 0 Å². The first-order valence-electron chi connectivity index (χ1n) is 7.56. The van der Waals surface area contributed by atoms with E-state index in [1.54, 1.807) is 0 Å². The van der Waals surface area contributed by atoms with Crippen LogP contribution >= 0.6 is 0 Å². The minimum atomic E-state index is 0.131. The first kappa shape index (κ1) is 15.0. The fraction of sp³-hybridized carbons (Fsp3) is 0.588.